The quantitative estimate of drug-likeness (QED) is 0.776. The lowest BCUT2D eigenvalue weighted by molar-refractivity contribution is -0.135. The van der Waals surface area contributed by atoms with E-state index in [4.69, 9.17) is 5.73 Å². The second-order valence-corrected chi connectivity index (χ2v) is 5.61. The maximum atomic E-state index is 12.1. The van der Waals surface area contributed by atoms with Gasteiger partial charge in [-0.3, -0.25) is 4.79 Å². The van der Waals surface area contributed by atoms with Crippen molar-refractivity contribution in [2.24, 2.45) is 17.1 Å². The molecule has 0 spiro atoms. The smallest absolute Gasteiger partial charge is 0.240 e. The van der Waals surface area contributed by atoms with Crippen LogP contribution in [0.25, 0.3) is 0 Å². The van der Waals surface area contributed by atoms with Crippen LogP contribution < -0.4 is 5.73 Å². The topological polar surface area (TPSA) is 46.3 Å². The van der Waals surface area contributed by atoms with Gasteiger partial charge in [-0.1, -0.05) is 34.6 Å². The molecular formula is C12H26N2O. The van der Waals surface area contributed by atoms with Crippen LogP contribution in [0.1, 0.15) is 41.5 Å². The second kappa shape index (κ2) is 5.50. The highest BCUT2D eigenvalue weighted by Crippen LogP contribution is 2.19. The van der Waals surface area contributed by atoms with Crippen molar-refractivity contribution in [1.82, 2.24) is 4.90 Å². The van der Waals surface area contributed by atoms with Crippen molar-refractivity contribution in [1.29, 1.82) is 0 Å². The Bertz CT molecular complexity index is 206. The first-order valence-corrected chi connectivity index (χ1v) is 5.74. The average molecular weight is 214 g/mol. The van der Waals surface area contributed by atoms with Gasteiger partial charge in [0.05, 0.1) is 6.04 Å². The first kappa shape index (κ1) is 14.4. The Morgan fingerprint density at radius 1 is 1.33 bits per heavy atom. The number of rotatable bonds is 4. The van der Waals surface area contributed by atoms with Gasteiger partial charge in [-0.2, -0.15) is 0 Å². The van der Waals surface area contributed by atoms with Crippen molar-refractivity contribution in [2.75, 3.05) is 13.1 Å². The van der Waals surface area contributed by atoms with Crippen LogP contribution in [0, 0.1) is 11.3 Å². The zero-order chi connectivity index (χ0) is 12.2. The molecular weight excluding hydrogens is 188 g/mol. The van der Waals surface area contributed by atoms with Crippen LogP contribution in [0.2, 0.25) is 0 Å². The minimum Gasteiger partial charge on any atom is -0.341 e. The monoisotopic (exact) mass is 214 g/mol. The Morgan fingerprint density at radius 2 is 1.80 bits per heavy atom. The molecule has 0 aliphatic rings. The van der Waals surface area contributed by atoms with Crippen LogP contribution in [0.4, 0.5) is 0 Å². The van der Waals surface area contributed by atoms with Crippen molar-refractivity contribution in [2.45, 2.75) is 47.6 Å². The molecule has 3 nitrogen and oxygen atoms in total. The van der Waals surface area contributed by atoms with Gasteiger partial charge >= 0.3 is 0 Å². The predicted octanol–water partition coefficient (Wildman–Crippen LogP) is 1.86. The molecule has 2 N–H and O–H groups in total. The van der Waals surface area contributed by atoms with E-state index < -0.39 is 6.04 Å². The molecule has 0 bridgehead atoms. The summed E-state index contributed by atoms with van der Waals surface area (Å²) >= 11 is 0. The molecule has 0 heterocycles. The standard InChI is InChI=1S/C12H26N2O/c1-7-14(8-9(2)3)11(15)10(13)12(4,5)6/h9-10H,7-8,13H2,1-6H3. The van der Waals surface area contributed by atoms with Crippen molar-refractivity contribution in [3.63, 3.8) is 0 Å². The lowest BCUT2D eigenvalue weighted by atomic mass is 9.86. The first-order valence-electron chi connectivity index (χ1n) is 5.74. The Hall–Kier alpha value is -0.570. The van der Waals surface area contributed by atoms with E-state index in [-0.39, 0.29) is 11.3 Å². The van der Waals surface area contributed by atoms with Gasteiger partial charge in [0.15, 0.2) is 0 Å². The summed E-state index contributed by atoms with van der Waals surface area (Å²) < 4.78 is 0. The van der Waals surface area contributed by atoms with E-state index in [0.29, 0.717) is 5.92 Å². The number of carbonyl (C=O) groups excluding carboxylic acids is 1. The normalized spacial score (nSPS) is 14.1. The molecule has 3 heteroatoms. The Labute approximate surface area is 94.0 Å². The number of nitrogens with zero attached hydrogens (tertiary/aromatic N) is 1. The van der Waals surface area contributed by atoms with Gasteiger partial charge in [0.2, 0.25) is 5.91 Å². The molecule has 0 fully saturated rings. The number of amides is 1. The van der Waals surface area contributed by atoms with Crippen LogP contribution in [-0.2, 0) is 4.79 Å². The van der Waals surface area contributed by atoms with Crippen LogP contribution in [0.15, 0.2) is 0 Å². The van der Waals surface area contributed by atoms with Crippen LogP contribution >= 0.6 is 0 Å². The lowest BCUT2D eigenvalue weighted by Crippen LogP contribution is -2.51. The van der Waals surface area contributed by atoms with E-state index in [1.165, 1.54) is 0 Å². The minimum absolute atomic E-state index is 0.0682. The van der Waals surface area contributed by atoms with Crippen LogP contribution in [0.5, 0.6) is 0 Å². The minimum atomic E-state index is -0.406. The zero-order valence-corrected chi connectivity index (χ0v) is 11.0. The fourth-order valence-electron chi connectivity index (χ4n) is 1.38. The lowest BCUT2D eigenvalue weighted by Gasteiger charge is -2.32. The summed E-state index contributed by atoms with van der Waals surface area (Å²) in [5.41, 5.74) is 5.79. The maximum absolute atomic E-state index is 12.1. The average Bonchev–Trinajstić information content (AvgIpc) is 2.10. The molecule has 0 aliphatic carbocycles. The summed E-state index contributed by atoms with van der Waals surface area (Å²) in [7, 11) is 0. The molecule has 1 amide bonds. The molecule has 0 rings (SSSR count). The Balaban J connectivity index is 4.52. The van der Waals surface area contributed by atoms with Crippen LogP contribution in [0.3, 0.4) is 0 Å². The molecule has 0 aromatic heterocycles. The van der Waals surface area contributed by atoms with Crippen LogP contribution in [-0.4, -0.2) is 29.9 Å². The summed E-state index contributed by atoms with van der Waals surface area (Å²) in [6.45, 7) is 13.7. The molecule has 15 heavy (non-hydrogen) atoms. The maximum Gasteiger partial charge on any atom is 0.240 e. The summed E-state index contributed by atoms with van der Waals surface area (Å²) in [6.07, 6.45) is 0. The van der Waals surface area contributed by atoms with E-state index in [1.54, 1.807) is 0 Å². The highest BCUT2D eigenvalue weighted by molar-refractivity contribution is 5.82. The van der Waals surface area contributed by atoms with Gasteiger partial charge < -0.3 is 10.6 Å². The van der Waals surface area contributed by atoms with E-state index in [2.05, 4.69) is 13.8 Å². The SMILES string of the molecule is CCN(CC(C)C)C(=O)C(N)C(C)(C)C. The van der Waals surface area contributed by atoms with Crippen molar-refractivity contribution >= 4 is 5.91 Å². The highest BCUT2D eigenvalue weighted by atomic mass is 16.2. The molecule has 0 saturated heterocycles. The second-order valence-electron chi connectivity index (χ2n) is 5.61. The third-order valence-corrected chi connectivity index (χ3v) is 2.48. The summed E-state index contributed by atoms with van der Waals surface area (Å²) in [5, 5.41) is 0. The number of hydrogen-bond donors (Lipinski definition) is 1. The molecule has 0 radical (unpaired) electrons. The van der Waals surface area contributed by atoms with Gasteiger partial charge in [0.1, 0.15) is 0 Å². The number of nitrogens with two attached hydrogens (primary N) is 1. The predicted molar refractivity (Wildman–Crippen MR) is 64.5 cm³/mol. The number of carbonyl (C=O) groups is 1. The summed E-state index contributed by atoms with van der Waals surface area (Å²) in [6, 6.07) is -0.406. The summed E-state index contributed by atoms with van der Waals surface area (Å²) in [5.74, 6) is 0.555. The largest absolute Gasteiger partial charge is 0.341 e. The molecule has 90 valence electrons. The molecule has 1 atom stereocenters. The van der Waals surface area contributed by atoms with Crippen molar-refractivity contribution < 1.29 is 4.79 Å². The fraction of sp³-hybridized carbons (Fsp3) is 0.917. The summed E-state index contributed by atoms with van der Waals surface area (Å²) in [4.78, 5) is 13.9. The third-order valence-electron chi connectivity index (χ3n) is 2.48. The van der Waals surface area contributed by atoms with E-state index in [1.807, 2.05) is 32.6 Å². The Morgan fingerprint density at radius 3 is 2.07 bits per heavy atom. The van der Waals surface area contributed by atoms with E-state index in [0.717, 1.165) is 13.1 Å². The molecule has 0 aromatic rings. The van der Waals surface area contributed by atoms with Crippen molar-refractivity contribution in [3.8, 4) is 0 Å². The molecule has 0 aliphatic heterocycles. The first-order chi connectivity index (χ1) is 6.70. The number of likely N-dealkylation sites (N-methyl/N-ethyl adjacent to an activating group) is 1. The number of hydrogen-bond acceptors (Lipinski definition) is 2. The fourth-order valence-corrected chi connectivity index (χ4v) is 1.38. The molecule has 0 saturated carbocycles. The zero-order valence-electron chi connectivity index (χ0n) is 11.0. The van der Waals surface area contributed by atoms with Gasteiger partial charge in [0, 0.05) is 13.1 Å². The molecule has 0 aromatic carbocycles. The molecule has 1 unspecified atom stereocenters. The van der Waals surface area contributed by atoms with Gasteiger partial charge in [-0.25, -0.2) is 0 Å². The third kappa shape index (κ3) is 4.65. The van der Waals surface area contributed by atoms with E-state index >= 15 is 0 Å². The van der Waals surface area contributed by atoms with Gasteiger partial charge in [-0.15, -0.1) is 0 Å². The van der Waals surface area contributed by atoms with E-state index in [9.17, 15) is 4.79 Å². The van der Waals surface area contributed by atoms with Crippen molar-refractivity contribution in [3.05, 3.63) is 0 Å². The highest BCUT2D eigenvalue weighted by Gasteiger charge is 2.30. The van der Waals surface area contributed by atoms with Gasteiger partial charge in [0.25, 0.3) is 0 Å². The Kier molecular flexibility index (Phi) is 5.29. The van der Waals surface area contributed by atoms with Gasteiger partial charge in [-0.05, 0) is 18.3 Å².